The Morgan fingerprint density at radius 3 is 2.58 bits per heavy atom. The number of carbonyl (C=O) groups excluding carboxylic acids is 1. The number of piperazine rings is 1. The zero-order chi connectivity index (χ0) is 13.8. The van der Waals surface area contributed by atoms with E-state index in [0.29, 0.717) is 11.7 Å². The van der Waals surface area contributed by atoms with E-state index in [0.717, 1.165) is 37.1 Å². The Kier molecular flexibility index (Phi) is 4.93. The normalized spacial score (nSPS) is 18.4. The van der Waals surface area contributed by atoms with E-state index in [9.17, 15) is 4.79 Å². The van der Waals surface area contributed by atoms with Crippen molar-refractivity contribution in [2.75, 3.05) is 26.2 Å². The van der Waals surface area contributed by atoms with E-state index < -0.39 is 0 Å². The largest absolute Gasteiger partial charge is 0.335 e. The summed E-state index contributed by atoms with van der Waals surface area (Å²) in [5.74, 6) is 0.0382. The van der Waals surface area contributed by atoms with Crippen LogP contribution in [0, 0.1) is 0 Å². The van der Waals surface area contributed by atoms with Crippen molar-refractivity contribution in [3.8, 4) is 0 Å². The summed E-state index contributed by atoms with van der Waals surface area (Å²) in [4.78, 5) is 20.8. The molecule has 1 aliphatic heterocycles. The highest BCUT2D eigenvalue weighted by atomic mass is 79.9. The monoisotopic (exact) mass is 325 g/mol. The summed E-state index contributed by atoms with van der Waals surface area (Å²) < 4.78 is 0.894. The van der Waals surface area contributed by atoms with Crippen molar-refractivity contribution < 1.29 is 4.79 Å². The van der Waals surface area contributed by atoms with Gasteiger partial charge in [-0.15, -0.1) is 0 Å². The molecule has 4 nitrogen and oxygen atoms in total. The van der Waals surface area contributed by atoms with Crippen molar-refractivity contribution >= 4 is 21.8 Å². The standard InChI is InChI=1S/C14H20BrN3O/c1-3-11(2)17-6-8-18(9-7-17)14(19)13-5-4-12(15)10-16-13/h4-5,10-11H,3,6-9H2,1-2H3. The second kappa shape index (κ2) is 6.48. The van der Waals surface area contributed by atoms with E-state index in [-0.39, 0.29) is 5.91 Å². The van der Waals surface area contributed by atoms with Crippen LogP contribution in [0.5, 0.6) is 0 Å². The minimum absolute atomic E-state index is 0.0382. The first-order valence-electron chi connectivity index (χ1n) is 6.76. The molecule has 0 radical (unpaired) electrons. The van der Waals surface area contributed by atoms with Crippen LogP contribution in [0.2, 0.25) is 0 Å². The van der Waals surface area contributed by atoms with Gasteiger partial charge in [-0.2, -0.15) is 0 Å². The predicted octanol–water partition coefficient (Wildman–Crippen LogP) is 2.40. The summed E-state index contributed by atoms with van der Waals surface area (Å²) in [6.07, 6.45) is 2.82. The summed E-state index contributed by atoms with van der Waals surface area (Å²) >= 11 is 3.33. The molecule has 0 spiro atoms. The van der Waals surface area contributed by atoms with Gasteiger partial charge in [0.15, 0.2) is 0 Å². The number of hydrogen-bond acceptors (Lipinski definition) is 3. The van der Waals surface area contributed by atoms with Gasteiger partial charge in [-0.05, 0) is 41.4 Å². The maximum Gasteiger partial charge on any atom is 0.272 e. The predicted molar refractivity (Wildman–Crippen MR) is 79.2 cm³/mol. The molecule has 0 bridgehead atoms. The fourth-order valence-corrected chi connectivity index (χ4v) is 2.52. The molecule has 5 heteroatoms. The number of aromatic nitrogens is 1. The Hall–Kier alpha value is -0.940. The van der Waals surface area contributed by atoms with E-state index in [1.807, 2.05) is 11.0 Å². The molecule has 104 valence electrons. The van der Waals surface area contributed by atoms with Crippen LogP contribution in [0.3, 0.4) is 0 Å². The van der Waals surface area contributed by atoms with Crippen molar-refractivity contribution in [2.24, 2.45) is 0 Å². The van der Waals surface area contributed by atoms with Gasteiger partial charge >= 0.3 is 0 Å². The van der Waals surface area contributed by atoms with Crippen molar-refractivity contribution in [3.63, 3.8) is 0 Å². The summed E-state index contributed by atoms with van der Waals surface area (Å²) in [6.45, 7) is 7.94. The summed E-state index contributed by atoms with van der Waals surface area (Å²) in [5, 5.41) is 0. The third kappa shape index (κ3) is 3.54. The molecule has 1 amide bonds. The fraction of sp³-hybridized carbons (Fsp3) is 0.571. The van der Waals surface area contributed by atoms with Crippen LogP contribution < -0.4 is 0 Å². The number of hydrogen-bond donors (Lipinski definition) is 0. The second-order valence-corrected chi connectivity index (χ2v) is 5.86. The van der Waals surface area contributed by atoms with E-state index in [2.05, 4.69) is 39.7 Å². The molecule has 2 rings (SSSR count). The van der Waals surface area contributed by atoms with Gasteiger partial charge in [0.2, 0.25) is 0 Å². The van der Waals surface area contributed by atoms with E-state index >= 15 is 0 Å². The SMILES string of the molecule is CCC(C)N1CCN(C(=O)c2ccc(Br)cn2)CC1. The maximum absolute atomic E-state index is 12.3. The van der Waals surface area contributed by atoms with Crippen LogP contribution in [0.4, 0.5) is 0 Å². The molecule has 1 fully saturated rings. The summed E-state index contributed by atoms with van der Waals surface area (Å²) in [5.41, 5.74) is 0.528. The Morgan fingerprint density at radius 2 is 2.05 bits per heavy atom. The van der Waals surface area contributed by atoms with Crippen molar-refractivity contribution in [3.05, 3.63) is 28.5 Å². The molecule has 0 aliphatic carbocycles. The average molecular weight is 326 g/mol. The third-order valence-electron chi connectivity index (χ3n) is 3.76. The van der Waals surface area contributed by atoms with Crippen LogP contribution in [0.1, 0.15) is 30.8 Å². The molecule has 1 unspecified atom stereocenters. The van der Waals surface area contributed by atoms with E-state index in [1.54, 1.807) is 12.3 Å². The number of amides is 1. The molecule has 0 saturated carbocycles. The lowest BCUT2D eigenvalue weighted by Gasteiger charge is -2.37. The van der Waals surface area contributed by atoms with Crippen molar-refractivity contribution in [1.82, 2.24) is 14.8 Å². The Balaban J connectivity index is 1.94. The van der Waals surface area contributed by atoms with Crippen molar-refractivity contribution in [1.29, 1.82) is 0 Å². The van der Waals surface area contributed by atoms with Crippen LogP contribution in [0.15, 0.2) is 22.8 Å². The molecule has 0 aromatic carbocycles. The molecular weight excluding hydrogens is 306 g/mol. The van der Waals surface area contributed by atoms with Crippen LogP contribution in [-0.2, 0) is 0 Å². The first-order chi connectivity index (χ1) is 9.11. The highest BCUT2D eigenvalue weighted by Crippen LogP contribution is 2.13. The molecular formula is C14H20BrN3O. The molecule has 1 saturated heterocycles. The smallest absolute Gasteiger partial charge is 0.272 e. The molecule has 2 heterocycles. The lowest BCUT2D eigenvalue weighted by Crippen LogP contribution is -2.51. The first-order valence-corrected chi connectivity index (χ1v) is 7.56. The first kappa shape index (κ1) is 14.5. The van der Waals surface area contributed by atoms with Crippen LogP contribution >= 0.6 is 15.9 Å². The zero-order valence-electron chi connectivity index (χ0n) is 11.5. The molecule has 1 aliphatic rings. The fourth-order valence-electron chi connectivity index (χ4n) is 2.29. The molecule has 1 aromatic rings. The molecule has 19 heavy (non-hydrogen) atoms. The number of nitrogens with zero attached hydrogens (tertiary/aromatic N) is 3. The highest BCUT2D eigenvalue weighted by Gasteiger charge is 2.24. The van der Waals surface area contributed by atoms with Gasteiger partial charge in [-0.1, -0.05) is 6.92 Å². The van der Waals surface area contributed by atoms with Gasteiger partial charge in [-0.3, -0.25) is 9.69 Å². The zero-order valence-corrected chi connectivity index (χ0v) is 13.1. The molecule has 1 aromatic heterocycles. The lowest BCUT2D eigenvalue weighted by molar-refractivity contribution is 0.0574. The molecule has 0 N–H and O–H groups in total. The Labute approximate surface area is 122 Å². The van der Waals surface area contributed by atoms with E-state index in [1.165, 1.54) is 0 Å². The van der Waals surface area contributed by atoms with E-state index in [4.69, 9.17) is 0 Å². The van der Waals surface area contributed by atoms with Gasteiger partial charge in [-0.25, -0.2) is 4.98 Å². The van der Waals surface area contributed by atoms with Crippen LogP contribution in [0.25, 0.3) is 0 Å². The maximum atomic E-state index is 12.3. The number of pyridine rings is 1. The second-order valence-electron chi connectivity index (χ2n) is 4.95. The quantitative estimate of drug-likeness (QED) is 0.856. The number of rotatable bonds is 3. The summed E-state index contributed by atoms with van der Waals surface area (Å²) in [6, 6.07) is 4.23. The van der Waals surface area contributed by atoms with Crippen molar-refractivity contribution in [2.45, 2.75) is 26.3 Å². The third-order valence-corrected chi connectivity index (χ3v) is 4.23. The number of halogens is 1. The minimum Gasteiger partial charge on any atom is -0.335 e. The van der Waals surface area contributed by atoms with Crippen LogP contribution in [-0.4, -0.2) is 52.9 Å². The minimum atomic E-state index is 0.0382. The van der Waals surface area contributed by atoms with Gasteiger partial charge in [0.1, 0.15) is 5.69 Å². The average Bonchev–Trinajstić information content (AvgIpc) is 2.46. The van der Waals surface area contributed by atoms with Gasteiger partial charge in [0.05, 0.1) is 0 Å². The van der Waals surface area contributed by atoms with Gasteiger partial charge in [0.25, 0.3) is 5.91 Å². The van der Waals surface area contributed by atoms with Gasteiger partial charge in [0, 0.05) is 42.9 Å². The Bertz CT molecular complexity index is 427. The molecule has 1 atom stereocenters. The van der Waals surface area contributed by atoms with Gasteiger partial charge < -0.3 is 4.90 Å². The Morgan fingerprint density at radius 1 is 1.37 bits per heavy atom. The summed E-state index contributed by atoms with van der Waals surface area (Å²) in [7, 11) is 0. The number of carbonyl (C=O) groups is 1. The topological polar surface area (TPSA) is 36.4 Å². The highest BCUT2D eigenvalue weighted by molar-refractivity contribution is 9.10. The lowest BCUT2D eigenvalue weighted by atomic mass is 10.2.